The zero-order valence-electron chi connectivity index (χ0n) is 10.5. The Morgan fingerprint density at radius 2 is 2.19 bits per heavy atom. The van der Waals surface area contributed by atoms with Gasteiger partial charge in [-0.15, -0.1) is 0 Å². The van der Waals surface area contributed by atoms with Crippen LogP contribution in [-0.2, 0) is 6.42 Å². The molecule has 1 aliphatic carbocycles. The number of fused-ring (bicyclic) bond motifs is 1. The molecule has 0 aliphatic heterocycles. The highest BCUT2D eigenvalue weighted by Gasteiger charge is 2.19. The topological polar surface area (TPSA) is 37.8 Å². The Labute approximate surface area is 97.7 Å². The predicted molar refractivity (Wildman–Crippen MR) is 65.5 cm³/mol. The first-order valence-electron chi connectivity index (χ1n) is 6.25. The van der Waals surface area contributed by atoms with Crippen molar-refractivity contribution in [1.82, 2.24) is 15.3 Å². The van der Waals surface area contributed by atoms with Gasteiger partial charge < -0.3 is 5.32 Å². The minimum Gasteiger partial charge on any atom is -0.313 e. The van der Waals surface area contributed by atoms with Crippen molar-refractivity contribution in [3.63, 3.8) is 0 Å². The van der Waals surface area contributed by atoms with E-state index in [-0.39, 0.29) is 0 Å². The van der Waals surface area contributed by atoms with E-state index < -0.39 is 0 Å². The maximum absolute atomic E-state index is 4.72. The molecule has 0 saturated carbocycles. The second kappa shape index (κ2) is 4.91. The van der Waals surface area contributed by atoms with Crippen molar-refractivity contribution in [2.24, 2.45) is 0 Å². The second-order valence-electron chi connectivity index (χ2n) is 4.87. The van der Waals surface area contributed by atoms with Crippen molar-refractivity contribution in [3.05, 3.63) is 23.3 Å². The average molecular weight is 219 g/mol. The Morgan fingerprint density at radius 3 is 2.88 bits per heavy atom. The first-order valence-corrected chi connectivity index (χ1v) is 6.25. The highest BCUT2D eigenvalue weighted by molar-refractivity contribution is 5.23. The van der Waals surface area contributed by atoms with Gasteiger partial charge in [-0.05, 0) is 26.3 Å². The summed E-state index contributed by atoms with van der Waals surface area (Å²) in [6, 6.07) is 0.443. The Hall–Kier alpha value is -0.960. The number of nitrogens with zero attached hydrogens (tertiary/aromatic N) is 2. The first kappa shape index (κ1) is 11.5. The van der Waals surface area contributed by atoms with Crippen molar-refractivity contribution in [2.75, 3.05) is 7.05 Å². The van der Waals surface area contributed by atoms with Crippen LogP contribution in [0, 0.1) is 0 Å². The number of aromatic nitrogens is 2. The third kappa shape index (κ3) is 2.24. The Morgan fingerprint density at radius 1 is 1.38 bits per heavy atom. The maximum Gasteiger partial charge on any atom is 0.131 e. The van der Waals surface area contributed by atoms with Gasteiger partial charge in [0.25, 0.3) is 0 Å². The molecule has 0 bridgehead atoms. The van der Waals surface area contributed by atoms with Gasteiger partial charge in [0.05, 0.1) is 0 Å². The predicted octanol–water partition coefficient (Wildman–Crippen LogP) is 2.59. The quantitative estimate of drug-likeness (QED) is 0.777. The lowest BCUT2D eigenvalue weighted by Gasteiger charge is -2.16. The van der Waals surface area contributed by atoms with Crippen LogP contribution in [0.3, 0.4) is 0 Å². The largest absolute Gasteiger partial charge is 0.313 e. The summed E-state index contributed by atoms with van der Waals surface area (Å²) in [5.74, 6) is 1.40. The van der Waals surface area contributed by atoms with Gasteiger partial charge in [-0.3, -0.25) is 0 Å². The molecule has 0 fully saturated rings. The molecule has 3 heteroatoms. The smallest absolute Gasteiger partial charge is 0.131 e. The molecule has 16 heavy (non-hydrogen) atoms. The van der Waals surface area contributed by atoms with Gasteiger partial charge in [-0.1, -0.05) is 20.3 Å². The molecule has 88 valence electrons. The lowest BCUT2D eigenvalue weighted by Crippen LogP contribution is -2.18. The van der Waals surface area contributed by atoms with Gasteiger partial charge in [-0.2, -0.15) is 0 Å². The molecular formula is C13H21N3. The maximum atomic E-state index is 4.72. The third-order valence-electron chi connectivity index (χ3n) is 3.32. The minimum atomic E-state index is 0.418. The summed E-state index contributed by atoms with van der Waals surface area (Å²) in [5, 5.41) is 3.37. The van der Waals surface area contributed by atoms with Gasteiger partial charge in [0.1, 0.15) is 5.82 Å². The fourth-order valence-electron chi connectivity index (χ4n) is 2.31. The number of aryl methyl sites for hydroxylation is 1. The molecule has 0 spiro atoms. The third-order valence-corrected chi connectivity index (χ3v) is 3.32. The lowest BCUT2D eigenvalue weighted by molar-refractivity contribution is 0.531. The number of nitrogens with one attached hydrogen (secondary N) is 1. The van der Waals surface area contributed by atoms with E-state index in [4.69, 9.17) is 4.98 Å². The molecule has 1 N–H and O–H groups in total. The van der Waals surface area contributed by atoms with Crippen LogP contribution in [0.4, 0.5) is 0 Å². The van der Waals surface area contributed by atoms with E-state index in [2.05, 4.69) is 24.1 Å². The summed E-state index contributed by atoms with van der Waals surface area (Å²) in [6.45, 7) is 4.29. The molecule has 0 amide bonds. The summed E-state index contributed by atoms with van der Waals surface area (Å²) in [5.41, 5.74) is 2.57. The van der Waals surface area contributed by atoms with E-state index >= 15 is 0 Å². The molecule has 0 radical (unpaired) electrons. The lowest BCUT2D eigenvalue weighted by atomic mass is 10.0. The van der Waals surface area contributed by atoms with Gasteiger partial charge in [0, 0.05) is 29.4 Å². The van der Waals surface area contributed by atoms with Crippen molar-refractivity contribution in [3.8, 4) is 0 Å². The zero-order chi connectivity index (χ0) is 11.5. The fraction of sp³-hybridized carbons (Fsp3) is 0.692. The van der Waals surface area contributed by atoms with Gasteiger partial charge >= 0.3 is 0 Å². The number of rotatable bonds is 2. The van der Waals surface area contributed by atoms with Crippen LogP contribution in [-0.4, -0.2) is 17.0 Å². The Kier molecular flexibility index (Phi) is 3.54. The molecule has 1 atom stereocenters. The van der Waals surface area contributed by atoms with Crippen molar-refractivity contribution in [1.29, 1.82) is 0 Å². The van der Waals surface area contributed by atoms with E-state index in [0.29, 0.717) is 12.0 Å². The molecule has 1 unspecified atom stereocenters. The highest BCUT2D eigenvalue weighted by atomic mass is 14.9. The second-order valence-corrected chi connectivity index (χ2v) is 4.87. The van der Waals surface area contributed by atoms with Crippen molar-refractivity contribution >= 4 is 0 Å². The summed E-state index contributed by atoms with van der Waals surface area (Å²) < 4.78 is 0. The fourth-order valence-corrected chi connectivity index (χ4v) is 2.31. The van der Waals surface area contributed by atoms with Crippen LogP contribution in [0.1, 0.15) is 62.2 Å². The zero-order valence-corrected chi connectivity index (χ0v) is 10.5. The normalized spacial score (nSPS) is 20.6. The van der Waals surface area contributed by atoms with Crippen LogP contribution >= 0.6 is 0 Å². The van der Waals surface area contributed by atoms with E-state index in [9.17, 15) is 0 Å². The van der Waals surface area contributed by atoms with Crippen molar-refractivity contribution in [2.45, 2.75) is 51.5 Å². The Balaban J connectivity index is 2.37. The molecule has 3 nitrogen and oxygen atoms in total. The van der Waals surface area contributed by atoms with E-state index in [0.717, 1.165) is 12.2 Å². The van der Waals surface area contributed by atoms with E-state index in [1.807, 2.05) is 13.2 Å². The molecular weight excluding hydrogens is 198 g/mol. The van der Waals surface area contributed by atoms with E-state index in [1.165, 1.54) is 30.5 Å². The molecule has 0 saturated heterocycles. The monoisotopic (exact) mass is 219 g/mol. The minimum absolute atomic E-state index is 0.418. The van der Waals surface area contributed by atoms with Crippen LogP contribution < -0.4 is 5.32 Å². The Bertz CT molecular complexity index is 360. The van der Waals surface area contributed by atoms with Gasteiger partial charge in [0.15, 0.2) is 0 Å². The van der Waals surface area contributed by atoms with Crippen LogP contribution in [0.5, 0.6) is 0 Å². The summed E-state index contributed by atoms with van der Waals surface area (Å²) in [4.78, 5) is 9.20. The summed E-state index contributed by atoms with van der Waals surface area (Å²) >= 11 is 0. The van der Waals surface area contributed by atoms with Gasteiger partial charge in [0.2, 0.25) is 0 Å². The van der Waals surface area contributed by atoms with Crippen LogP contribution in [0.15, 0.2) is 6.20 Å². The SMILES string of the molecule is CNC1CCCCc2nc(C(C)C)ncc21. The first-order chi connectivity index (χ1) is 7.72. The molecule has 0 aromatic carbocycles. The number of hydrogen-bond acceptors (Lipinski definition) is 3. The highest BCUT2D eigenvalue weighted by Crippen LogP contribution is 2.27. The van der Waals surface area contributed by atoms with Gasteiger partial charge in [-0.25, -0.2) is 9.97 Å². The van der Waals surface area contributed by atoms with Crippen molar-refractivity contribution < 1.29 is 0 Å². The van der Waals surface area contributed by atoms with E-state index in [1.54, 1.807) is 0 Å². The average Bonchev–Trinajstić information content (AvgIpc) is 2.49. The van der Waals surface area contributed by atoms with Crippen LogP contribution in [0.25, 0.3) is 0 Å². The number of hydrogen-bond donors (Lipinski definition) is 1. The standard InChI is InChI=1S/C13H21N3/c1-9(2)13-15-8-10-11(14-3)6-4-5-7-12(10)16-13/h8-9,11,14H,4-7H2,1-3H3. The summed E-state index contributed by atoms with van der Waals surface area (Å²) in [7, 11) is 2.02. The molecule has 1 aromatic rings. The molecule has 1 aliphatic rings. The molecule has 1 aromatic heterocycles. The molecule has 1 heterocycles. The van der Waals surface area contributed by atoms with Crippen LogP contribution in [0.2, 0.25) is 0 Å². The molecule has 2 rings (SSSR count). The summed E-state index contributed by atoms with van der Waals surface area (Å²) in [6.07, 6.45) is 6.87.